The fourth-order valence-electron chi connectivity index (χ4n) is 2.48. The monoisotopic (exact) mass is 323 g/mol. The maximum Gasteiger partial charge on any atom is 0.133 e. The van der Waals surface area contributed by atoms with E-state index < -0.39 is 0 Å². The zero-order chi connectivity index (χ0) is 16.4. The van der Waals surface area contributed by atoms with E-state index in [2.05, 4.69) is 16.0 Å². The van der Waals surface area contributed by atoms with Crippen molar-refractivity contribution in [2.75, 3.05) is 0 Å². The summed E-state index contributed by atoms with van der Waals surface area (Å²) in [6.07, 6.45) is 3.14. The fourth-order valence-corrected chi connectivity index (χ4v) is 2.69. The van der Waals surface area contributed by atoms with E-state index in [9.17, 15) is 0 Å². The summed E-state index contributed by atoms with van der Waals surface area (Å²) in [4.78, 5) is 8.21. The van der Waals surface area contributed by atoms with Gasteiger partial charge in [-0.25, -0.2) is 9.98 Å². The maximum atomic E-state index is 9.10. The highest BCUT2D eigenvalue weighted by Crippen LogP contribution is 2.41. The standard InChI is InChI=1S/C17H14ClN5/c18-16-7-12(6-15(23-16)11-2-3-11)13-4-1-10(8-19)5-14(13)17(21)22-9-20/h1,4-7,9,11H,2-3H2,(H3,20,21,22). The summed E-state index contributed by atoms with van der Waals surface area (Å²) in [5, 5.41) is 16.6. The Morgan fingerprint density at radius 2 is 2.17 bits per heavy atom. The number of aliphatic imine (C=N–C) groups is 1. The number of nitriles is 1. The molecule has 23 heavy (non-hydrogen) atoms. The van der Waals surface area contributed by atoms with Gasteiger partial charge in [-0.05, 0) is 48.2 Å². The quantitative estimate of drug-likeness (QED) is 0.512. The Morgan fingerprint density at radius 3 is 2.83 bits per heavy atom. The van der Waals surface area contributed by atoms with Gasteiger partial charge in [0.15, 0.2) is 0 Å². The topological polar surface area (TPSA) is 98.9 Å². The number of nitrogens with one attached hydrogen (secondary N) is 1. The fraction of sp³-hybridized carbons (Fsp3) is 0.176. The van der Waals surface area contributed by atoms with Gasteiger partial charge in [-0.15, -0.1) is 0 Å². The van der Waals surface area contributed by atoms with Gasteiger partial charge >= 0.3 is 0 Å². The molecule has 1 aromatic heterocycles. The summed E-state index contributed by atoms with van der Waals surface area (Å²) in [5.41, 5.74) is 9.72. The van der Waals surface area contributed by atoms with Gasteiger partial charge in [-0.1, -0.05) is 17.7 Å². The van der Waals surface area contributed by atoms with E-state index >= 15 is 0 Å². The van der Waals surface area contributed by atoms with Crippen molar-refractivity contribution in [1.82, 2.24) is 4.98 Å². The van der Waals surface area contributed by atoms with Gasteiger partial charge in [0.25, 0.3) is 0 Å². The molecule has 1 heterocycles. The largest absolute Gasteiger partial charge is 0.383 e. The zero-order valence-electron chi connectivity index (χ0n) is 12.3. The number of benzene rings is 1. The molecule has 3 rings (SSSR count). The zero-order valence-corrected chi connectivity index (χ0v) is 13.0. The molecule has 1 aliphatic carbocycles. The lowest BCUT2D eigenvalue weighted by Crippen LogP contribution is -2.15. The Morgan fingerprint density at radius 1 is 1.39 bits per heavy atom. The summed E-state index contributed by atoms with van der Waals surface area (Å²) >= 11 is 6.16. The molecule has 0 bridgehead atoms. The number of hydrogen-bond acceptors (Lipinski definition) is 3. The molecule has 0 saturated heterocycles. The predicted molar refractivity (Wildman–Crippen MR) is 90.9 cm³/mol. The van der Waals surface area contributed by atoms with E-state index in [1.165, 1.54) is 0 Å². The molecule has 3 N–H and O–H groups in total. The van der Waals surface area contributed by atoms with Crippen LogP contribution in [0, 0.1) is 16.7 Å². The van der Waals surface area contributed by atoms with Crippen LogP contribution in [0.1, 0.15) is 35.6 Å². The molecule has 0 radical (unpaired) electrons. The first-order valence-corrected chi connectivity index (χ1v) is 7.54. The molecule has 0 amide bonds. The second kappa shape index (κ2) is 6.19. The van der Waals surface area contributed by atoms with E-state index in [4.69, 9.17) is 28.0 Å². The lowest BCUT2D eigenvalue weighted by Gasteiger charge is -2.11. The predicted octanol–water partition coefficient (Wildman–Crippen LogP) is 3.46. The van der Waals surface area contributed by atoms with E-state index in [1.807, 2.05) is 12.1 Å². The third-order valence-electron chi connectivity index (χ3n) is 3.75. The molecule has 5 nitrogen and oxygen atoms in total. The highest BCUT2D eigenvalue weighted by Gasteiger charge is 2.26. The van der Waals surface area contributed by atoms with Crippen molar-refractivity contribution in [1.29, 1.82) is 10.7 Å². The Kier molecular flexibility index (Phi) is 4.09. The van der Waals surface area contributed by atoms with Gasteiger partial charge in [0.1, 0.15) is 17.3 Å². The van der Waals surface area contributed by atoms with E-state index in [0.29, 0.717) is 22.2 Å². The number of amidine groups is 1. The van der Waals surface area contributed by atoms with Crippen molar-refractivity contribution in [2.45, 2.75) is 18.8 Å². The van der Waals surface area contributed by atoms with Gasteiger partial charge < -0.3 is 5.73 Å². The summed E-state index contributed by atoms with van der Waals surface area (Å²) in [5.74, 6) is 0.662. The van der Waals surface area contributed by atoms with Crippen LogP contribution in [0.4, 0.5) is 0 Å². The van der Waals surface area contributed by atoms with Crippen molar-refractivity contribution >= 4 is 23.8 Å². The number of halogens is 1. The Balaban J connectivity index is 2.17. The number of nitrogens with zero attached hydrogens (tertiary/aromatic N) is 3. The van der Waals surface area contributed by atoms with Crippen molar-refractivity contribution < 1.29 is 0 Å². The smallest absolute Gasteiger partial charge is 0.133 e. The van der Waals surface area contributed by atoms with Crippen molar-refractivity contribution in [3.8, 4) is 17.2 Å². The van der Waals surface area contributed by atoms with Gasteiger partial charge in [0, 0.05) is 17.2 Å². The highest BCUT2D eigenvalue weighted by atomic mass is 35.5. The normalized spacial score (nSPS) is 14.3. The molecular formula is C17H14ClN5. The van der Waals surface area contributed by atoms with Gasteiger partial charge in [0.05, 0.1) is 11.6 Å². The first-order chi connectivity index (χ1) is 11.1. The van der Waals surface area contributed by atoms with E-state index in [1.54, 1.807) is 18.2 Å². The lowest BCUT2D eigenvalue weighted by atomic mass is 9.96. The summed E-state index contributed by atoms with van der Waals surface area (Å²) in [7, 11) is 0. The number of pyridine rings is 1. The summed E-state index contributed by atoms with van der Waals surface area (Å²) in [6.45, 7) is 0. The van der Waals surface area contributed by atoms with Crippen LogP contribution in [0.2, 0.25) is 5.15 Å². The molecule has 1 saturated carbocycles. The molecule has 1 fully saturated rings. The molecule has 0 unspecified atom stereocenters. The van der Waals surface area contributed by atoms with Crippen LogP contribution in [-0.2, 0) is 0 Å². The van der Waals surface area contributed by atoms with Crippen molar-refractivity contribution in [3.05, 3.63) is 52.3 Å². The Bertz CT molecular complexity index is 847. The van der Waals surface area contributed by atoms with Gasteiger partial charge in [0.2, 0.25) is 0 Å². The van der Waals surface area contributed by atoms with Gasteiger partial charge in [-0.3, -0.25) is 5.41 Å². The van der Waals surface area contributed by atoms with Crippen LogP contribution in [0.15, 0.2) is 35.3 Å². The molecular weight excluding hydrogens is 310 g/mol. The summed E-state index contributed by atoms with van der Waals surface area (Å²) in [6, 6.07) is 11.1. The van der Waals surface area contributed by atoms with Gasteiger partial charge in [-0.2, -0.15) is 5.26 Å². The summed E-state index contributed by atoms with van der Waals surface area (Å²) < 4.78 is 0. The second-order valence-electron chi connectivity index (χ2n) is 5.39. The molecule has 0 spiro atoms. The van der Waals surface area contributed by atoms with Crippen molar-refractivity contribution in [2.24, 2.45) is 10.7 Å². The van der Waals surface area contributed by atoms with Crippen molar-refractivity contribution in [3.63, 3.8) is 0 Å². The molecule has 114 valence electrons. The first kappa shape index (κ1) is 15.2. The lowest BCUT2D eigenvalue weighted by molar-refractivity contribution is 1.02. The molecule has 1 aromatic carbocycles. The van der Waals surface area contributed by atoms with Crippen LogP contribution in [0.5, 0.6) is 0 Å². The Labute approximate surface area is 139 Å². The number of aromatic nitrogens is 1. The molecule has 2 aromatic rings. The minimum atomic E-state index is 0.188. The average molecular weight is 324 g/mol. The SMILES string of the molecule is N#Cc1ccc(-c2cc(Cl)nc(C3CC3)c2)c(C(N)=NC=N)c1. The van der Waals surface area contributed by atoms with Crippen LogP contribution < -0.4 is 5.73 Å². The average Bonchev–Trinajstić information content (AvgIpc) is 3.39. The number of rotatable bonds is 4. The van der Waals surface area contributed by atoms with E-state index in [0.717, 1.165) is 36.0 Å². The first-order valence-electron chi connectivity index (χ1n) is 7.17. The van der Waals surface area contributed by atoms with Crippen LogP contribution >= 0.6 is 11.6 Å². The minimum absolute atomic E-state index is 0.188. The van der Waals surface area contributed by atoms with E-state index in [-0.39, 0.29) is 5.84 Å². The number of hydrogen-bond donors (Lipinski definition) is 2. The second-order valence-corrected chi connectivity index (χ2v) is 5.78. The van der Waals surface area contributed by atoms with Crippen LogP contribution in [-0.4, -0.2) is 17.2 Å². The number of nitrogens with two attached hydrogens (primary N) is 1. The molecule has 1 aliphatic rings. The minimum Gasteiger partial charge on any atom is -0.383 e. The third kappa shape index (κ3) is 3.22. The highest BCUT2D eigenvalue weighted by molar-refractivity contribution is 6.29. The molecule has 0 aliphatic heterocycles. The van der Waals surface area contributed by atoms with Crippen LogP contribution in [0.3, 0.4) is 0 Å². The van der Waals surface area contributed by atoms with Crippen LogP contribution in [0.25, 0.3) is 11.1 Å². The maximum absolute atomic E-state index is 9.10. The third-order valence-corrected chi connectivity index (χ3v) is 3.94. The molecule has 6 heteroatoms. The Hall–Kier alpha value is -2.71. The molecule has 0 atom stereocenters.